The van der Waals surface area contributed by atoms with E-state index in [9.17, 15) is 4.79 Å². The van der Waals surface area contributed by atoms with Gasteiger partial charge in [0.1, 0.15) is 5.02 Å². The fraction of sp³-hybridized carbons (Fsp3) is 0.143. The molecule has 82 valence electrons. The second kappa shape index (κ2) is 4.85. The number of hydrogen-bond donors (Lipinski definition) is 2. The lowest BCUT2D eigenvalue weighted by Crippen LogP contribution is -2.36. The summed E-state index contributed by atoms with van der Waals surface area (Å²) in [6, 6.07) is 1.28. The Morgan fingerprint density at radius 1 is 1.47 bits per heavy atom. The molecule has 1 rings (SSSR count). The van der Waals surface area contributed by atoms with Gasteiger partial charge in [-0.3, -0.25) is 5.73 Å². The molecular formula is C7H5Cl3N2O3. The number of pyridine rings is 1. The number of carboxylic acid groups (broad SMARTS) is 1. The molecule has 0 radical (unpaired) electrons. The maximum Gasteiger partial charge on any atom is 0.360 e. The van der Waals surface area contributed by atoms with Crippen molar-refractivity contribution in [1.82, 2.24) is 4.98 Å². The lowest BCUT2D eigenvalue weighted by atomic mass is 10.5. The first-order valence-corrected chi connectivity index (χ1v) is 4.71. The summed E-state index contributed by atoms with van der Waals surface area (Å²) in [5, 5.41) is 8.60. The molecule has 1 unspecified atom stereocenters. The number of nitrogens with two attached hydrogens (primary N) is 1. The van der Waals surface area contributed by atoms with Crippen LogP contribution in [0.3, 0.4) is 0 Å². The van der Waals surface area contributed by atoms with E-state index in [1.54, 1.807) is 0 Å². The van der Waals surface area contributed by atoms with Gasteiger partial charge in [-0.1, -0.05) is 34.8 Å². The smallest absolute Gasteiger partial charge is 0.360 e. The van der Waals surface area contributed by atoms with Gasteiger partial charge < -0.3 is 9.84 Å². The fourth-order valence-electron chi connectivity index (χ4n) is 0.682. The van der Waals surface area contributed by atoms with Gasteiger partial charge in [0, 0.05) is 0 Å². The summed E-state index contributed by atoms with van der Waals surface area (Å²) in [6.07, 6.45) is -1.56. The van der Waals surface area contributed by atoms with E-state index in [-0.39, 0.29) is 21.1 Å². The SMILES string of the molecule is NC(Oc1nc(Cl)c(Cl)cc1Cl)C(=O)O. The average molecular weight is 271 g/mol. The van der Waals surface area contributed by atoms with E-state index in [0.717, 1.165) is 0 Å². The quantitative estimate of drug-likeness (QED) is 0.646. The second-order valence-electron chi connectivity index (χ2n) is 2.42. The van der Waals surface area contributed by atoms with Crippen molar-refractivity contribution in [3.8, 4) is 5.88 Å². The Bertz CT molecular complexity index is 399. The number of hydrogen-bond acceptors (Lipinski definition) is 4. The van der Waals surface area contributed by atoms with E-state index in [4.69, 9.17) is 50.4 Å². The monoisotopic (exact) mass is 270 g/mol. The molecule has 0 saturated heterocycles. The fourth-order valence-corrected chi connectivity index (χ4v) is 1.22. The lowest BCUT2D eigenvalue weighted by Gasteiger charge is -2.10. The summed E-state index contributed by atoms with van der Waals surface area (Å²) in [7, 11) is 0. The van der Waals surface area contributed by atoms with Crippen LogP contribution in [0, 0.1) is 0 Å². The number of ether oxygens (including phenoxy) is 1. The molecule has 1 aromatic heterocycles. The predicted molar refractivity (Wildman–Crippen MR) is 55.5 cm³/mol. The Morgan fingerprint density at radius 2 is 2.07 bits per heavy atom. The minimum absolute atomic E-state index is 0.0288. The van der Waals surface area contributed by atoms with Gasteiger partial charge >= 0.3 is 5.97 Å². The first-order chi connectivity index (χ1) is 6.91. The summed E-state index contributed by atoms with van der Waals surface area (Å²) < 4.78 is 4.73. The number of aliphatic carboxylic acids is 1. The van der Waals surface area contributed by atoms with Crippen LogP contribution in [0.5, 0.6) is 5.88 Å². The molecule has 1 heterocycles. The van der Waals surface area contributed by atoms with E-state index in [1.807, 2.05) is 0 Å². The summed E-state index contributed by atoms with van der Waals surface area (Å²) in [6.45, 7) is 0. The highest BCUT2D eigenvalue weighted by molar-refractivity contribution is 6.42. The first kappa shape index (κ1) is 12.3. The molecule has 15 heavy (non-hydrogen) atoms. The van der Waals surface area contributed by atoms with Gasteiger partial charge in [0.15, 0.2) is 5.15 Å². The van der Waals surface area contributed by atoms with Crippen molar-refractivity contribution in [2.24, 2.45) is 5.73 Å². The highest BCUT2D eigenvalue weighted by Gasteiger charge is 2.17. The molecule has 0 spiro atoms. The van der Waals surface area contributed by atoms with Gasteiger partial charge in [-0.15, -0.1) is 0 Å². The van der Waals surface area contributed by atoms with Gasteiger partial charge in [0.25, 0.3) is 0 Å². The molecule has 0 saturated carbocycles. The maximum absolute atomic E-state index is 10.4. The molecule has 0 aliphatic carbocycles. The van der Waals surface area contributed by atoms with Crippen molar-refractivity contribution in [2.45, 2.75) is 6.23 Å². The third-order valence-electron chi connectivity index (χ3n) is 1.34. The van der Waals surface area contributed by atoms with E-state index >= 15 is 0 Å². The van der Waals surface area contributed by atoms with Gasteiger partial charge in [-0.25, -0.2) is 4.79 Å². The number of carbonyl (C=O) groups is 1. The molecule has 3 N–H and O–H groups in total. The van der Waals surface area contributed by atoms with E-state index in [2.05, 4.69) is 4.98 Å². The van der Waals surface area contributed by atoms with Crippen LogP contribution in [0.15, 0.2) is 6.07 Å². The minimum Gasteiger partial charge on any atom is -0.477 e. The molecule has 0 aliphatic rings. The highest BCUT2D eigenvalue weighted by Crippen LogP contribution is 2.30. The van der Waals surface area contributed by atoms with Crippen molar-refractivity contribution >= 4 is 40.8 Å². The van der Waals surface area contributed by atoms with Crippen LogP contribution >= 0.6 is 34.8 Å². The zero-order valence-electron chi connectivity index (χ0n) is 7.08. The molecule has 8 heteroatoms. The van der Waals surface area contributed by atoms with E-state index < -0.39 is 12.2 Å². The molecule has 0 amide bonds. The Morgan fingerprint density at radius 3 is 2.60 bits per heavy atom. The molecule has 0 bridgehead atoms. The molecule has 1 aromatic rings. The second-order valence-corrected chi connectivity index (χ2v) is 3.60. The number of aromatic nitrogens is 1. The normalized spacial score (nSPS) is 12.3. The third-order valence-corrected chi connectivity index (χ3v) is 2.28. The number of nitrogens with zero attached hydrogens (tertiary/aromatic N) is 1. The summed E-state index contributed by atoms with van der Waals surface area (Å²) in [5.74, 6) is -1.53. The minimum atomic E-state index is -1.56. The Kier molecular flexibility index (Phi) is 3.98. The molecular weight excluding hydrogens is 266 g/mol. The number of carboxylic acids is 1. The lowest BCUT2D eigenvalue weighted by molar-refractivity contribution is -0.144. The van der Waals surface area contributed by atoms with E-state index in [1.165, 1.54) is 6.07 Å². The van der Waals surface area contributed by atoms with E-state index in [0.29, 0.717) is 0 Å². The molecule has 0 fully saturated rings. The molecule has 0 aromatic carbocycles. The van der Waals surface area contributed by atoms with Crippen molar-refractivity contribution < 1.29 is 14.6 Å². The Labute approximate surface area is 99.7 Å². The molecule has 1 atom stereocenters. The van der Waals surface area contributed by atoms with Crippen LogP contribution < -0.4 is 10.5 Å². The van der Waals surface area contributed by atoms with Crippen LogP contribution in [-0.2, 0) is 4.79 Å². The first-order valence-electron chi connectivity index (χ1n) is 3.58. The molecule has 0 aliphatic heterocycles. The molecule has 5 nitrogen and oxygen atoms in total. The summed E-state index contributed by atoms with van der Waals surface area (Å²) in [5.41, 5.74) is 5.11. The van der Waals surface area contributed by atoms with Crippen LogP contribution in [0.4, 0.5) is 0 Å². The Balaban J connectivity index is 2.95. The summed E-state index contributed by atoms with van der Waals surface area (Å²) in [4.78, 5) is 14.0. The van der Waals surface area contributed by atoms with Crippen LogP contribution in [0.1, 0.15) is 0 Å². The van der Waals surface area contributed by atoms with Crippen molar-refractivity contribution in [1.29, 1.82) is 0 Å². The topological polar surface area (TPSA) is 85.4 Å². The van der Waals surface area contributed by atoms with Gasteiger partial charge in [-0.05, 0) is 6.07 Å². The Hall–Kier alpha value is -0.750. The largest absolute Gasteiger partial charge is 0.477 e. The standard InChI is InChI=1S/C7H5Cl3N2O3/c8-2-1-3(9)6(12-4(2)10)15-5(11)7(13)14/h1,5H,11H2,(H,13,14). The van der Waals surface area contributed by atoms with Crippen molar-refractivity contribution in [3.63, 3.8) is 0 Å². The van der Waals surface area contributed by atoms with Gasteiger partial charge in [-0.2, -0.15) is 4.98 Å². The maximum atomic E-state index is 10.4. The highest BCUT2D eigenvalue weighted by atomic mass is 35.5. The van der Waals surface area contributed by atoms with Crippen LogP contribution in [-0.4, -0.2) is 22.3 Å². The van der Waals surface area contributed by atoms with Crippen molar-refractivity contribution in [3.05, 3.63) is 21.3 Å². The zero-order chi connectivity index (χ0) is 11.6. The van der Waals surface area contributed by atoms with Gasteiger partial charge in [0.2, 0.25) is 12.1 Å². The average Bonchev–Trinajstić information content (AvgIpc) is 2.13. The number of rotatable bonds is 3. The third kappa shape index (κ3) is 3.10. The van der Waals surface area contributed by atoms with Crippen LogP contribution in [0.2, 0.25) is 15.2 Å². The van der Waals surface area contributed by atoms with Gasteiger partial charge in [0.05, 0.1) is 5.02 Å². The predicted octanol–water partition coefficient (Wildman–Crippen LogP) is 1.79. The van der Waals surface area contributed by atoms with Crippen molar-refractivity contribution in [2.75, 3.05) is 0 Å². The summed E-state index contributed by atoms with van der Waals surface area (Å²) >= 11 is 16.9. The number of halogens is 3. The van der Waals surface area contributed by atoms with Crippen LogP contribution in [0.25, 0.3) is 0 Å². The zero-order valence-corrected chi connectivity index (χ0v) is 9.34.